The van der Waals surface area contributed by atoms with Crippen molar-refractivity contribution in [2.45, 2.75) is 12.5 Å². The highest BCUT2D eigenvalue weighted by molar-refractivity contribution is 8.26. The van der Waals surface area contributed by atoms with Gasteiger partial charge in [-0.15, -0.1) is 0 Å². The van der Waals surface area contributed by atoms with E-state index >= 15 is 0 Å². The van der Waals surface area contributed by atoms with E-state index in [-0.39, 0.29) is 26.4 Å². The van der Waals surface area contributed by atoms with Gasteiger partial charge in [-0.1, -0.05) is 35.6 Å². The highest BCUT2D eigenvalue weighted by Gasteiger charge is 2.40. The van der Waals surface area contributed by atoms with E-state index in [0.717, 1.165) is 16.7 Å². The minimum atomic E-state index is -1.11. The standard InChI is InChI=1S/C19H15ClN2O6S3/c1-30-7-6-14(18(24)25)21-17(23)16(31-19(21)29)9-11-3-5-15(28-11)12-4-2-10(22(26)27)8-13(12)20/h2-5,8-9,14H,6-7H2,1H3,(H,24,25)/b16-9+/t14-/m1/s1. The van der Waals surface area contributed by atoms with Crippen molar-refractivity contribution in [2.75, 3.05) is 12.0 Å². The molecule has 12 heteroatoms. The van der Waals surface area contributed by atoms with Gasteiger partial charge in [-0.3, -0.25) is 19.8 Å². The molecule has 0 aliphatic carbocycles. The number of thioether (sulfide) groups is 2. The first-order chi connectivity index (χ1) is 14.7. The van der Waals surface area contributed by atoms with Crippen LogP contribution in [-0.2, 0) is 9.59 Å². The number of aliphatic carboxylic acids is 1. The maximum Gasteiger partial charge on any atom is 0.326 e. The lowest BCUT2D eigenvalue weighted by Crippen LogP contribution is -2.44. The van der Waals surface area contributed by atoms with E-state index in [1.54, 1.807) is 12.1 Å². The number of rotatable bonds is 8. The number of nitrogens with zero attached hydrogens (tertiary/aromatic N) is 2. The van der Waals surface area contributed by atoms with Gasteiger partial charge in [-0.25, -0.2) is 4.79 Å². The summed E-state index contributed by atoms with van der Waals surface area (Å²) in [6.45, 7) is 0. The van der Waals surface area contributed by atoms with Gasteiger partial charge in [0.1, 0.15) is 21.9 Å². The van der Waals surface area contributed by atoms with Crippen LogP contribution in [-0.4, -0.2) is 49.2 Å². The van der Waals surface area contributed by atoms with Crippen molar-refractivity contribution >= 4 is 75.3 Å². The average Bonchev–Trinajstić information content (AvgIpc) is 3.27. The fourth-order valence-electron chi connectivity index (χ4n) is 2.86. The molecular formula is C19H15ClN2O6S3. The molecule has 1 amide bonds. The number of halogens is 1. The number of carboxylic acid groups (broad SMARTS) is 1. The number of carboxylic acids is 1. The van der Waals surface area contributed by atoms with Crippen LogP contribution in [0.4, 0.5) is 5.69 Å². The summed E-state index contributed by atoms with van der Waals surface area (Å²) in [6.07, 6.45) is 3.62. The Morgan fingerprint density at radius 1 is 1.45 bits per heavy atom. The van der Waals surface area contributed by atoms with E-state index in [1.165, 1.54) is 36.0 Å². The van der Waals surface area contributed by atoms with Crippen LogP contribution in [0.2, 0.25) is 5.02 Å². The summed E-state index contributed by atoms with van der Waals surface area (Å²) in [4.78, 5) is 36.1. The van der Waals surface area contributed by atoms with Gasteiger partial charge in [0.2, 0.25) is 0 Å². The number of benzene rings is 1. The number of carbonyl (C=O) groups excluding carboxylic acids is 1. The summed E-state index contributed by atoms with van der Waals surface area (Å²) in [5, 5.41) is 20.5. The Morgan fingerprint density at radius 2 is 2.19 bits per heavy atom. The zero-order valence-corrected chi connectivity index (χ0v) is 19.1. The fourth-order valence-corrected chi connectivity index (χ4v) is 4.93. The maximum atomic E-state index is 12.8. The fraction of sp³-hybridized carbons (Fsp3) is 0.211. The minimum Gasteiger partial charge on any atom is -0.480 e. The van der Waals surface area contributed by atoms with Crippen molar-refractivity contribution in [1.29, 1.82) is 0 Å². The van der Waals surface area contributed by atoms with Crippen LogP contribution in [0, 0.1) is 10.1 Å². The SMILES string of the molecule is CSCC[C@H](C(=O)O)N1C(=O)/C(=C\c2ccc(-c3ccc([N+](=O)[O-])cc3Cl)o2)SC1=S. The molecule has 31 heavy (non-hydrogen) atoms. The Balaban J connectivity index is 1.84. The number of hydrogen-bond donors (Lipinski definition) is 1. The summed E-state index contributed by atoms with van der Waals surface area (Å²) in [7, 11) is 0. The molecule has 1 aromatic carbocycles. The molecule has 162 valence electrons. The van der Waals surface area contributed by atoms with E-state index in [2.05, 4.69) is 0 Å². The zero-order valence-electron chi connectivity index (χ0n) is 15.9. The van der Waals surface area contributed by atoms with Crippen molar-refractivity contribution in [3.8, 4) is 11.3 Å². The third-order valence-electron chi connectivity index (χ3n) is 4.34. The number of nitro groups is 1. The van der Waals surface area contributed by atoms with E-state index in [0.29, 0.717) is 22.8 Å². The van der Waals surface area contributed by atoms with Gasteiger partial charge in [0.25, 0.3) is 11.6 Å². The molecule has 1 saturated heterocycles. The Hall–Kier alpha value is -2.34. The van der Waals surface area contributed by atoms with Crippen LogP contribution in [0.1, 0.15) is 12.2 Å². The van der Waals surface area contributed by atoms with Gasteiger partial charge in [-0.05, 0) is 36.6 Å². The van der Waals surface area contributed by atoms with Crippen LogP contribution in [0.5, 0.6) is 0 Å². The van der Waals surface area contributed by atoms with E-state index in [1.807, 2.05) is 6.26 Å². The molecule has 8 nitrogen and oxygen atoms in total. The first-order valence-electron chi connectivity index (χ1n) is 8.76. The van der Waals surface area contributed by atoms with Crippen LogP contribution >= 0.6 is 47.3 Å². The molecule has 0 spiro atoms. The zero-order chi connectivity index (χ0) is 22.7. The molecular weight excluding hydrogens is 484 g/mol. The number of thiocarbonyl (C=S) groups is 1. The number of hydrogen-bond acceptors (Lipinski definition) is 8. The number of carbonyl (C=O) groups is 2. The molecule has 3 rings (SSSR count). The molecule has 0 saturated carbocycles. The van der Waals surface area contributed by atoms with E-state index < -0.39 is 22.8 Å². The van der Waals surface area contributed by atoms with Gasteiger partial charge in [-0.2, -0.15) is 11.8 Å². The lowest BCUT2D eigenvalue weighted by Gasteiger charge is -2.22. The second kappa shape index (κ2) is 9.86. The smallest absolute Gasteiger partial charge is 0.326 e. The monoisotopic (exact) mass is 498 g/mol. The Kier molecular flexibility index (Phi) is 7.42. The first kappa shape index (κ1) is 23.3. The molecule has 1 N–H and O–H groups in total. The predicted molar refractivity (Wildman–Crippen MR) is 125 cm³/mol. The van der Waals surface area contributed by atoms with Crippen molar-refractivity contribution < 1.29 is 24.0 Å². The van der Waals surface area contributed by atoms with E-state index in [4.69, 9.17) is 28.2 Å². The number of non-ortho nitro benzene ring substituents is 1. The second-order valence-electron chi connectivity index (χ2n) is 6.31. The molecule has 1 aliphatic heterocycles. The first-order valence-corrected chi connectivity index (χ1v) is 11.8. The molecule has 0 bridgehead atoms. The van der Waals surface area contributed by atoms with Crippen LogP contribution in [0.25, 0.3) is 17.4 Å². The molecule has 2 aromatic rings. The van der Waals surface area contributed by atoms with Crippen LogP contribution in [0.15, 0.2) is 39.7 Å². The molecule has 1 atom stereocenters. The molecule has 0 unspecified atom stereocenters. The Bertz CT molecular complexity index is 1100. The van der Waals surface area contributed by atoms with Crippen molar-refractivity contribution in [3.05, 3.63) is 56.1 Å². The third kappa shape index (κ3) is 5.12. The van der Waals surface area contributed by atoms with Gasteiger partial charge < -0.3 is 9.52 Å². The minimum absolute atomic E-state index is 0.140. The number of furan rings is 1. The van der Waals surface area contributed by atoms with Gasteiger partial charge in [0.05, 0.1) is 14.9 Å². The molecule has 0 radical (unpaired) electrons. The summed E-state index contributed by atoms with van der Waals surface area (Å²) < 4.78 is 5.90. The van der Waals surface area contributed by atoms with Gasteiger partial charge in [0, 0.05) is 23.8 Å². The number of nitro benzene ring substituents is 1. The van der Waals surface area contributed by atoms with Crippen molar-refractivity contribution in [1.82, 2.24) is 4.90 Å². The molecule has 1 aromatic heterocycles. The lowest BCUT2D eigenvalue weighted by atomic mass is 10.1. The second-order valence-corrected chi connectivity index (χ2v) is 9.38. The van der Waals surface area contributed by atoms with E-state index in [9.17, 15) is 24.8 Å². The summed E-state index contributed by atoms with van der Waals surface area (Å²) in [5.74, 6) is -0.328. The highest BCUT2D eigenvalue weighted by Crippen LogP contribution is 2.37. The van der Waals surface area contributed by atoms with Crippen molar-refractivity contribution in [3.63, 3.8) is 0 Å². The normalized spacial score (nSPS) is 16.2. The number of amides is 1. The molecule has 1 fully saturated rings. The summed E-state index contributed by atoms with van der Waals surface area (Å²) in [5.41, 5.74) is 0.320. The average molecular weight is 499 g/mol. The van der Waals surface area contributed by atoms with Crippen molar-refractivity contribution in [2.24, 2.45) is 0 Å². The molecule has 1 aliphatic rings. The predicted octanol–water partition coefficient (Wildman–Crippen LogP) is 4.92. The van der Waals surface area contributed by atoms with Crippen LogP contribution in [0.3, 0.4) is 0 Å². The Labute approximate surface area is 195 Å². The maximum absolute atomic E-state index is 12.8. The van der Waals surface area contributed by atoms with Crippen LogP contribution < -0.4 is 0 Å². The topological polar surface area (TPSA) is 114 Å². The Morgan fingerprint density at radius 3 is 2.81 bits per heavy atom. The molecule has 2 heterocycles. The lowest BCUT2D eigenvalue weighted by molar-refractivity contribution is -0.384. The quantitative estimate of drug-likeness (QED) is 0.234. The summed E-state index contributed by atoms with van der Waals surface area (Å²) in [6, 6.07) is 6.23. The van der Waals surface area contributed by atoms with Gasteiger partial charge in [0.15, 0.2) is 0 Å². The third-order valence-corrected chi connectivity index (χ3v) is 6.63. The largest absolute Gasteiger partial charge is 0.480 e. The highest BCUT2D eigenvalue weighted by atomic mass is 35.5. The van der Waals surface area contributed by atoms with Gasteiger partial charge >= 0.3 is 5.97 Å². The summed E-state index contributed by atoms with van der Waals surface area (Å²) >= 11 is 13.9.